The Labute approximate surface area is 288 Å². The number of methoxy groups -OCH3 is 2. The maximum atomic E-state index is 12.0. The van der Waals surface area contributed by atoms with Crippen LogP contribution in [0.2, 0.25) is 0 Å². The van der Waals surface area contributed by atoms with Crippen LogP contribution in [0.5, 0.6) is 0 Å². The van der Waals surface area contributed by atoms with E-state index in [1.54, 1.807) is 20.8 Å². The zero-order chi connectivity index (χ0) is 37.1. The topological polar surface area (TPSA) is 182 Å². The van der Waals surface area contributed by atoms with E-state index in [2.05, 4.69) is 5.32 Å². The number of hydrogen-bond donors (Lipinski definition) is 2. The lowest BCUT2D eigenvalue weighted by Gasteiger charge is -2.30. The average Bonchev–Trinajstić information content (AvgIpc) is 2.94. The molecule has 0 aromatic rings. The Kier molecular flexibility index (Phi) is 27.0. The van der Waals surface area contributed by atoms with Crippen LogP contribution < -0.4 is 11.1 Å². The molecule has 0 saturated heterocycles. The van der Waals surface area contributed by atoms with Crippen LogP contribution in [-0.2, 0) is 61.8 Å². The standard InChI is InChI=1S/C20H39NO8.C13H27NO5/c1-18(2,3)28-16(22)9-12-26-13-10-21-11-14-27-20(24-7,25-8)15-17(23)29-19(4,5)6;1-13(2,3)19-12(15)4-6-16-8-10-18-11-9-17-7-5-14/h21H,9-15H2,1-8H3;4-11,14H2,1-3H3. The zero-order valence-electron chi connectivity index (χ0n) is 31.5. The van der Waals surface area contributed by atoms with Crippen LogP contribution in [0.1, 0.15) is 81.6 Å². The second kappa shape index (κ2) is 26.9. The number of ether oxygens (including phenoxy) is 10. The summed E-state index contributed by atoms with van der Waals surface area (Å²) < 4.78 is 52.8. The predicted octanol–water partition coefficient (Wildman–Crippen LogP) is 2.75. The molecule has 0 heterocycles. The summed E-state index contributed by atoms with van der Waals surface area (Å²) >= 11 is 0. The minimum absolute atomic E-state index is 0.189. The van der Waals surface area contributed by atoms with E-state index in [4.69, 9.17) is 53.1 Å². The van der Waals surface area contributed by atoms with Crippen LogP contribution in [0.3, 0.4) is 0 Å². The smallest absolute Gasteiger partial charge is 0.314 e. The summed E-state index contributed by atoms with van der Waals surface area (Å²) in [6.45, 7) is 21.9. The van der Waals surface area contributed by atoms with Gasteiger partial charge in [-0.2, -0.15) is 0 Å². The molecule has 0 bridgehead atoms. The minimum atomic E-state index is -1.49. The first kappa shape index (κ1) is 48.2. The first-order valence-electron chi connectivity index (χ1n) is 16.4. The molecule has 0 saturated carbocycles. The van der Waals surface area contributed by atoms with E-state index in [0.717, 1.165) is 0 Å². The third-order valence-corrected chi connectivity index (χ3v) is 5.17. The van der Waals surface area contributed by atoms with Gasteiger partial charge in [0.25, 0.3) is 5.97 Å². The molecule has 0 aromatic carbocycles. The van der Waals surface area contributed by atoms with Gasteiger partial charge in [-0.15, -0.1) is 0 Å². The SMILES string of the molecule is CC(C)(C)OC(=O)CCOCCOCCOCCN.COC(CC(=O)OC(C)(C)C)(OC)OCCNCCOCCC(=O)OC(C)(C)C. The molecule has 15 heteroatoms. The Morgan fingerprint density at radius 3 is 1.31 bits per heavy atom. The predicted molar refractivity (Wildman–Crippen MR) is 179 cm³/mol. The molecule has 0 aliphatic rings. The summed E-state index contributed by atoms with van der Waals surface area (Å²) in [5, 5.41) is 3.13. The number of nitrogens with one attached hydrogen (secondary N) is 1. The van der Waals surface area contributed by atoms with Crippen molar-refractivity contribution in [3.63, 3.8) is 0 Å². The number of hydrogen-bond acceptors (Lipinski definition) is 15. The van der Waals surface area contributed by atoms with Crippen LogP contribution in [-0.4, -0.2) is 134 Å². The number of carbonyl (C=O) groups is 3. The first-order valence-corrected chi connectivity index (χ1v) is 16.4. The average molecular weight is 699 g/mol. The zero-order valence-corrected chi connectivity index (χ0v) is 31.5. The van der Waals surface area contributed by atoms with Gasteiger partial charge in [-0.25, -0.2) is 0 Å². The van der Waals surface area contributed by atoms with Crippen LogP contribution in [0.25, 0.3) is 0 Å². The van der Waals surface area contributed by atoms with Crippen molar-refractivity contribution in [2.45, 2.75) is 104 Å². The van der Waals surface area contributed by atoms with Gasteiger partial charge >= 0.3 is 17.9 Å². The van der Waals surface area contributed by atoms with Gasteiger partial charge in [0, 0.05) is 33.9 Å². The molecule has 286 valence electrons. The van der Waals surface area contributed by atoms with Crippen molar-refractivity contribution in [3.05, 3.63) is 0 Å². The second-order valence-corrected chi connectivity index (χ2v) is 13.4. The molecule has 0 aliphatic carbocycles. The molecular weight excluding hydrogens is 632 g/mol. The molecule has 0 rings (SSSR count). The highest BCUT2D eigenvalue weighted by Crippen LogP contribution is 2.21. The Morgan fingerprint density at radius 1 is 0.521 bits per heavy atom. The second-order valence-electron chi connectivity index (χ2n) is 13.4. The van der Waals surface area contributed by atoms with Crippen molar-refractivity contribution in [1.29, 1.82) is 0 Å². The summed E-state index contributed by atoms with van der Waals surface area (Å²) in [5.74, 6) is -2.50. The fraction of sp³-hybridized carbons (Fsp3) is 0.909. The quantitative estimate of drug-likeness (QED) is 0.0614. The summed E-state index contributed by atoms with van der Waals surface area (Å²) in [7, 11) is 2.81. The Morgan fingerprint density at radius 2 is 0.896 bits per heavy atom. The first-order chi connectivity index (χ1) is 22.3. The van der Waals surface area contributed by atoms with Crippen LogP contribution in [0.15, 0.2) is 0 Å². The number of esters is 3. The lowest BCUT2D eigenvalue weighted by molar-refractivity contribution is -0.361. The molecule has 3 N–H and O–H groups in total. The van der Waals surface area contributed by atoms with Gasteiger partial charge in [0.1, 0.15) is 23.2 Å². The molecular formula is C33H66N2O13. The maximum absolute atomic E-state index is 12.0. The lowest BCUT2D eigenvalue weighted by atomic mass is 10.2. The molecule has 0 atom stereocenters. The van der Waals surface area contributed by atoms with Crippen LogP contribution in [0, 0.1) is 0 Å². The van der Waals surface area contributed by atoms with Crippen molar-refractivity contribution in [1.82, 2.24) is 5.32 Å². The molecule has 0 aromatic heterocycles. The van der Waals surface area contributed by atoms with Gasteiger partial charge in [0.05, 0.1) is 72.3 Å². The van der Waals surface area contributed by atoms with Crippen molar-refractivity contribution in [2.75, 3.05) is 93.3 Å². The molecule has 0 amide bonds. The fourth-order valence-electron chi connectivity index (χ4n) is 3.32. The van der Waals surface area contributed by atoms with Gasteiger partial charge in [-0.3, -0.25) is 14.4 Å². The van der Waals surface area contributed by atoms with Crippen LogP contribution in [0.4, 0.5) is 0 Å². The highest BCUT2D eigenvalue weighted by Gasteiger charge is 2.36. The summed E-state index contributed by atoms with van der Waals surface area (Å²) in [5.41, 5.74) is 3.74. The highest BCUT2D eigenvalue weighted by molar-refractivity contribution is 5.71. The number of carbonyl (C=O) groups excluding carboxylic acids is 3. The van der Waals surface area contributed by atoms with E-state index in [-0.39, 0.29) is 37.8 Å². The van der Waals surface area contributed by atoms with Crippen molar-refractivity contribution in [3.8, 4) is 0 Å². The van der Waals surface area contributed by atoms with Crippen molar-refractivity contribution in [2.24, 2.45) is 5.73 Å². The van der Waals surface area contributed by atoms with Gasteiger partial charge < -0.3 is 58.4 Å². The van der Waals surface area contributed by atoms with Gasteiger partial charge in [-0.1, -0.05) is 0 Å². The van der Waals surface area contributed by atoms with Crippen LogP contribution >= 0.6 is 0 Å². The van der Waals surface area contributed by atoms with E-state index in [1.165, 1.54) is 14.2 Å². The van der Waals surface area contributed by atoms with Crippen molar-refractivity contribution >= 4 is 17.9 Å². The van der Waals surface area contributed by atoms with Gasteiger partial charge in [0.15, 0.2) is 0 Å². The van der Waals surface area contributed by atoms with E-state index in [0.29, 0.717) is 72.5 Å². The molecule has 0 unspecified atom stereocenters. The fourth-order valence-corrected chi connectivity index (χ4v) is 3.32. The summed E-state index contributed by atoms with van der Waals surface area (Å²) in [6.07, 6.45) is 0.289. The normalized spacial score (nSPS) is 12.2. The lowest BCUT2D eigenvalue weighted by Crippen LogP contribution is -2.42. The Bertz CT molecular complexity index is 833. The van der Waals surface area contributed by atoms with E-state index in [1.807, 2.05) is 41.5 Å². The molecule has 15 nitrogen and oxygen atoms in total. The molecule has 0 spiro atoms. The van der Waals surface area contributed by atoms with Gasteiger partial charge in [0.2, 0.25) is 0 Å². The monoisotopic (exact) mass is 698 g/mol. The summed E-state index contributed by atoms with van der Waals surface area (Å²) in [6, 6.07) is 0. The molecule has 0 radical (unpaired) electrons. The summed E-state index contributed by atoms with van der Waals surface area (Å²) in [4.78, 5) is 34.9. The third-order valence-electron chi connectivity index (χ3n) is 5.17. The van der Waals surface area contributed by atoms with Crippen molar-refractivity contribution < 1.29 is 61.8 Å². The molecule has 0 aliphatic heterocycles. The largest absolute Gasteiger partial charge is 0.460 e. The molecule has 0 fully saturated rings. The third kappa shape index (κ3) is 33.9. The van der Waals surface area contributed by atoms with E-state index in [9.17, 15) is 14.4 Å². The minimum Gasteiger partial charge on any atom is -0.460 e. The Balaban J connectivity index is 0. The Hall–Kier alpha value is -1.95. The molecule has 48 heavy (non-hydrogen) atoms. The van der Waals surface area contributed by atoms with Gasteiger partial charge in [-0.05, 0) is 62.3 Å². The number of nitrogens with two attached hydrogens (primary N) is 1. The van der Waals surface area contributed by atoms with E-state index >= 15 is 0 Å². The number of rotatable bonds is 25. The highest BCUT2D eigenvalue weighted by atomic mass is 16.9. The van der Waals surface area contributed by atoms with E-state index < -0.39 is 28.7 Å². The maximum Gasteiger partial charge on any atom is 0.314 e.